The first-order valence-electron chi connectivity index (χ1n) is 6.88. The molecule has 1 aliphatic rings. The first kappa shape index (κ1) is 13.9. The van der Waals surface area contributed by atoms with Crippen LogP contribution >= 0.6 is 0 Å². The Morgan fingerprint density at radius 3 is 2.59 bits per heavy atom. The standard InChI is InChI=1S/C18H14N2O2/c1-13-4-6-14(7-5-13)8-9-17-20-16(18(21)22-17)11-15-3-2-10-19-12-15/h2-12H,1H3. The van der Waals surface area contributed by atoms with Crippen LogP contribution in [0, 0.1) is 6.92 Å². The van der Waals surface area contributed by atoms with Crippen LogP contribution in [0.5, 0.6) is 0 Å². The Morgan fingerprint density at radius 2 is 1.86 bits per heavy atom. The fourth-order valence-electron chi connectivity index (χ4n) is 1.96. The van der Waals surface area contributed by atoms with Gasteiger partial charge in [0.25, 0.3) is 0 Å². The quantitative estimate of drug-likeness (QED) is 0.643. The highest BCUT2D eigenvalue weighted by molar-refractivity contribution is 6.11. The number of esters is 1. The third kappa shape index (κ3) is 3.35. The van der Waals surface area contributed by atoms with Gasteiger partial charge in [-0.1, -0.05) is 35.9 Å². The van der Waals surface area contributed by atoms with Crippen LogP contribution in [-0.2, 0) is 9.53 Å². The van der Waals surface area contributed by atoms with Crippen molar-refractivity contribution in [1.29, 1.82) is 0 Å². The van der Waals surface area contributed by atoms with E-state index in [1.54, 1.807) is 30.6 Å². The van der Waals surface area contributed by atoms with Crippen LogP contribution in [0.4, 0.5) is 0 Å². The molecule has 3 rings (SSSR count). The van der Waals surface area contributed by atoms with Crippen molar-refractivity contribution in [2.75, 3.05) is 0 Å². The van der Waals surface area contributed by atoms with Gasteiger partial charge in [-0.3, -0.25) is 4.98 Å². The van der Waals surface area contributed by atoms with Crippen molar-refractivity contribution in [3.05, 3.63) is 77.3 Å². The van der Waals surface area contributed by atoms with Crippen molar-refractivity contribution < 1.29 is 9.53 Å². The van der Waals surface area contributed by atoms with Crippen molar-refractivity contribution in [2.45, 2.75) is 6.92 Å². The monoisotopic (exact) mass is 290 g/mol. The van der Waals surface area contributed by atoms with Gasteiger partial charge < -0.3 is 4.74 Å². The number of aromatic nitrogens is 1. The van der Waals surface area contributed by atoms with E-state index in [0.29, 0.717) is 5.90 Å². The number of cyclic esters (lactones) is 1. The summed E-state index contributed by atoms with van der Waals surface area (Å²) in [6.07, 6.45) is 8.54. The summed E-state index contributed by atoms with van der Waals surface area (Å²) in [6.45, 7) is 2.03. The van der Waals surface area contributed by atoms with Crippen LogP contribution in [-0.4, -0.2) is 16.9 Å². The number of benzene rings is 1. The lowest BCUT2D eigenvalue weighted by molar-refractivity contribution is -0.129. The van der Waals surface area contributed by atoms with E-state index in [2.05, 4.69) is 9.98 Å². The fourth-order valence-corrected chi connectivity index (χ4v) is 1.96. The molecular weight excluding hydrogens is 276 g/mol. The molecule has 0 aliphatic carbocycles. The summed E-state index contributed by atoms with van der Waals surface area (Å²) in [4.78, 5) is 20.0. The van der Waals surface area contributed by atoms with Crippen molar-refractivity contribution in [2.24, 2.45) is 4.99 Å². The van der Waals surface area contributed by atoms with Crippen LogP contribution in [0.25, 0.3) is 12.2 Å². The Bertz CT molecular complexity index is 772. The molecule has 4 nitrogen and oxygen atoms in total. The zero-order chi connectivity index (χ0) is 15.4. The van der Waals surface area contributed by atoms with E-state index < -0.39 is 5.97 Å². The Morgan fingerprint density at radius 1 is 1.05 bits per heavy atom. The van der Waals surface area contributed by atoms with E-state index >= 15 is 0 Å². The van der Waals surface area contributed by atoms with E-state index in [1.807, 2.05) is 43.3 Å². The number of rotatable bonds is 3. The fraction of sp³-hybridized carbons (Fsp3) is 0.0556. The number of pyridine rings is 1. The third-order valence-corrected chi connectivity index (χ3v) is 3.12. The first-order valence-corrected chi connectivity index (χ1v) is 6.88. The van der Waals surface area contributed by atoms with Crippen LogP contribution in [0.3, 0.4) is 0 Å². The predicted octanol–water partition coefficient (Wildman–Crippen LogP) is 3.40. The Kier molecular flexibility index (Phi) is 3.92. The van der Waals surface area contributed by atoms with Gasteiger partial charge in [0.15, 0.2) is 5.70 Å². The maximum atomic E-state index is 11.8. The van der Waals surface area contributed by atoms with Gasteiger partial charge in [0.2, 0.25) is 5.90 Å². The minimum atomic E-state index is -0.451. The molecule has 1 aromatic carbocycles. The van der Waals surface area contributed by atoms with Crippen LogP contribution in [0.2, 0.25) is 0 Å². The second kappa shape index (κ2) is 6.18. The van der Waals surface area contributed by atoms with Gasteiger partial charge in [-0.2, -0.15) is 0 Å². The largest absolute Gasteiger partial charge is 0.403 e. The molecule has 1 aromatic heterocycles. The summed E-state index contributed by atoms with van der Waals surface area (Å²) in [5.74, 6) is -0.159. The average Bonchev–Trinajstić information content (AvgIpc) is 2.88. The number of carbonyl (C=O) groups excluding carboxylic acids is 1. The van der Waals surface area contributed by atoms with Crippen LogP contribution in [0.15, 0.2) is 65.6 Å². The average molecular weight is 290 g/mol. The van der Waals surface area contributed by atoms with Gasteiger partial charge in [-0.15, -0.1) is 0 Å². The summed E-state index contributed by atoms with van der Waals surface area (Å²) in [5.41, 5.74) is 3.30. The highest BCUT2D eigenvalue weighted by atomic mass is 16.6. The molecule has 108 valence electrons. The number of aliphatic imine (C=N–C) groups is 1. The molecule has 22 heavy (non-hydrogen) atoms. The maximum absolute atomic E-state index is 11.8. The molecule has 0 atom stereocenters. The summed E-state index contributed by atoms with van der Waals surface area (Å²) in [5, 5.41) is 0. The second-order valence-electron chi connectivity index (χ2n) is 4.90. The van der Waals surface area contributed by atoms with E-state index in [4.69, 9.17) is 4.74 Å². The minimum Gasteiger partial charge on any atom is -0.403 e. The summed E-state index contributed by atoms with van der Waals surface area (Å²) in [7, 11) is 0. The molecule has 0 unspecified atom stereocenters. The van der Waals surface area contributed by atoms with Gasteiger partial charge in [-0.25, -0.2) is 9.79 Å². The molecule has 0 N–H and O–H groups in total. The molecule has 0 amide bonds. The number of aryl methyl sites for hydroxylation is 1. The Balaban J connectivity index is 1.78. The molecule has 2 heterocycles. The smallest absolute Gasteiger partial charge is 0.363 e. The number of nitrogens with zero attached hydrogens (tertiary/aromatic N) is 2. The molecule has 0 saturated heterocycles. The highest BCUT2D eigenvalue weighted by Gasteiger charge is 2.20. The molecule has 1 aliphatic heterocycles. The van der Waals surface area contributed by atoms with Gasteiger partial charge >= 0.3 is 5.97 Å². The van der Waals surface area contributed by atoms with Gasteiger partial charge in [0.1, 0.15) is 0 Å². The van der Waals surface area contributed by atoms with Gasteiger partial charge in [-0.05, 0) is 36.3 Å². The van der Waals surface area contributed by atoms with E-state index in [9.17, 15) is 4.79 Å². The molecule has 2 aromatic rings. The van der Waals surface area contributed by atoms with Gasteiger partial charge in [0.05, 0.1) is 0 Å². The normalized spacial score (nSPS) is 16.1. The zero-order valence-corrected chi connectivity index (χ0v) is 12.1. The molecule has 0 saturated carbocycles. The summed E-state index contributed by atoms with van der Waals surface area (Å²) >= 11 is 0. The topological polar surface area (TPSA) is 51.5 Å². The lowest BCUT2D eigenvalue weighted by Crippen LogP contribution is -2.01. The van der Waals surface area contributed by atoms with Crippen molar-refractivity contribution in [3.8, 4) is 0 Å². The first-order chi connectivity index (χ1) is 10.7. The van der Waals surface area contributed by atoms with Crippen molar-refractivity contribution >= 4 is 24.0 Å². The van der Waals surface area contributed by atoms with E-state index in [-0.39, 0.29) is 5.70 Å². The molecule has 0 fully saturated rings. The van der Waals surface area contributed by atoms with Crippen LogP contribution < -0.4 is 0 Å². The summed E-state index contributed by atoms with van der Waals surface area (Å²) < 4.78 is 5.13. The van der Waals surface area contributed by atoms with Crippen molar-refractivity contribution in [3.63, 3.8) is 0 Å². The number of hydrogen-bond acceptors (Lipinski definition) is 4. The second-order valence-corrected chi connectivity index (χ2v) is 4.90. The van der Waals surface area contributed by atoms with Crippen LogP contribution in [0.1, 0.15) is 16.7 Å². The molecule has 0 bridgehead atoms. The predicted molar refractivity (Wildman–Crippen MR) is 86.0 cm³/mol. The maximum Gasteiger partial charge on any atom is 0.363 e. The Labute approximate surface area is 128 Å². The van der Waals surface area contributed by atoms with Crippen molar-refractivity contribution in [1.82, 2.24) is 4.98 Å². The third-order valence-electron chi connectivity index (χ3n) is 3.12. The lowest BCUT2D eigenvalue weighted by atomic mass is 10.1. The minimum absolute atomic E-state index is 0.275. The Hall–Kier alpha value is -3.01. The number of ether oxygens (including phenoxy) is 1. The molecule has 0 spiro atoms. The molecular formula is C18H14N2O2. The van der Waals surface area contributed by atoms with E-state index in [0.717, 1.165) is 11.1 Å². The summed E-state index contributed by atoms with van der Waals surface area (Å²) in [6, 6.07) is 11.7. The lowest BCUT2D eigenvalue weighted by Gasteiger charge is -1.94. The SMILES string of the molecule is Cc1ccc(C=CC2=NC(=Cc3cccnc3)C(=O)O2)cc1. The molecule has 4 heteroatoms. The molecule has 0 radical (unpaired) electrons. The number of hydrogen-bond donors (Lipinski definition) is 0. The van der Waals surface area contributed by atoms with Gasteiger partial charge in [0, 0.05) is 18.5 Å². The number of carbonyl (C=O) groups is 1. The highest BCUT2D eigenvalue weighted by Crippen LogP contribution is 2.16. The van der Waals surface area contributed by atoms with E-state index in [1.165, 1.54) is 5.56 Å². The zero-order valence-electron chi connectivity index (χ0n) is 12.1.